The zero-order valence-electron chi connectivity index (χ0n) is 18.2. The number of aryl methyl sites for hydroxylation is 2. The Morgan fingerprint density at radius 2 is 2.00 bits per heavy atom. The molecule has 3 heterocycles. The first-order valence-electron chi connectivity index (χ1n) is 10.4. The number of nitrogens with one attached hydrogen (secondary N) is 2. The molecule has 2 atom stereocenters. The lowest BCUT2D eigenvalue weighted by atomic mass is 10.0. The lowest BCUT2D eigenvalue weighted by Crippen LogP contribution is -2.30. The minimum absolute atomic E-state index is 0.00566. The van der Waals surface area contributed by atoms with Gasteiger partial charge in [-0.05, 0) is 67.2 Å². The molecule has 4 rings (SSSR count). The SMILES string of the molecule is Cc1cc(N2C(=S)N[C@@H](c3ccccn3)[C@H]2c2cccn2C)ccc1NC(=O)C(C)C. The predicted octanol–water partition coefficient (Wildman–Crippen LogP) is 4.50. The van der Waals surface area contributed by atoms with Gasteiger partial charge in [0.15, 0.2) is 5.11 Å². The summed E-state index contributed by atoms with van der Waals surface area (Å²) in [6.45, 7) is 5.77. The molecule has 0 radical (unpaired) electrons. The largest absolute Gasteiger partial charge is 0.353 e. The number of anilines is 2. The normalized spacial score (nSPS) is 18.4. The summed E-state index contributed by atoms with van der Waals surface area (Å²) in [5.74, 6) is -0.0681. The van der Waals surface area contributed by atoms with Crippen molar-refractivity contribution >= 4 is 34.6 Å². The van der Waals surface area contributed by atoms with Crippen LogP contribution in [0.15, 0.2) is 60.9 Å². The van der Waals surface area contributed by atoms with Crippen LogP contribution < -0.4 is 15.5 Å². The highest BCUT2D eigenvalue weighted by Crippen LogP contribution is 2.42. The molecule has 0 bridgehead atoms. The lowest BCUT2D eigenvalue weighted by Gasteiger charge is -2.29. The zero-order valence-corrected chi connectivity index (χ0v) is 19.0. The quantitative estimate of drug-likeness (QED) is 0.580. The van der Waals surface area contributed by atoms with Crippen molar-refractivity contribution in [2.75, 3.05) is 10.2 Å². The second-order valence-corrected chi connectivity index (χ2v) is 8.57. The minimum Gasteiger partial charge on any atom is -0.353 e. The predicted molar refractivity (Wildman–Crippen MR) is 128 cm³/mol. The van der Waals surface area contributed by atoms with Crippen molar-refractivity contribution in [1.82, 2.24) is 14.9 Å². The van der Waals surface area contributed by atoms with Crippen LogP contribution in [0.25, 0.3) is 0 Å². The van der Waals surface area contributed by atoms with E-state index in [1.165, 1.54) is 0 Å². The third-order valence-corrected chi connectivity index (χ3v) is 5.97. The summed E-state index contributed by atoms with van der Waals surface area (Å²) in [6, 6.07) is 16.0. The van der Waals surface area contributed by atoms with Crippen molar-refractivity contribution in [1.29, 1.82) is 0 Å². The fourth-order valence-corrected chi connectivity index (χ4v) is 4.28. The standard InChI is InChI=1S/C24H27N5OS/c1-15(2)23(30)26-18-11-10-17(14-16(18)3)29-22(20-9-7-13-28(20)4)21(27-24(29)31)19-8-5-6-12-25-19/h5-15,21-22H,1-4H3,(H,26,30)(H,27,31)/t21-,22+/m0/s1. The Kier molecular flexibility index (Phi) is 5.78. The van der Waals surface area contributed by atoms with Gasteiger partial charge in [0.05, 0.1) is 11.7 Å². The number of amides is 1. The van der Waals surface area contributed by atoms with Gasteiger partial charge < -0.3 is 20.1 Å². The van der Waals surface area contributed by atoms with Crippen LogP contribution in [0.5, 0.6) is 0 Å². The number of hydrogen-bond acceptors (Lipinski definition) is 3. The number of hydrogen-bond donors (Lipinski definition) is 2. The maximum atomic E-state index is 12.1. The van der Waals surface area contributed by atoms with Gasteiger partial charge in [-0.3, -0.25) is 9.78 Å². The van der Waals surface area contributed by atoms with Gasteiger partial charge in [-0.25, -0.2) is 0 Å². The molecule has 0 saturated carbocycles. The summed E-state index contributed by atoms with van der Waals surface area (Å²) >= 11 is 5.78. The minimum atomic E-state index is -0.0806. The van der Waals surface area contributed by atoms with Crippen molar-refractivity contribution in [3.63, 3.8) is 0 Å². The highest BCUT2D eigenvalue weighted by atomic mass is 32.1. The average molecular weight is 434 g/mol. The summed E-state index contributed by atoms with van der Waals surface area (Å²) < 4.78 is 2.12. The van der Waals surface area contributed by atoms with E-state index in [0.29, 0.717) is 5.11 Å². The van der Waals surface area contributed by atoms with Crippen LogP contribution in [0.4, 0.5) is 11.4 Å². The first-order chi connectivity index (χ1) is 14.9. The molecule has 3 aromatic rings. The Morgan fingerprint density at radius 1 is 1.19 bits per heavy atom. The topological polar surface area (TPSA) is 62.2 Å². The van der Waals surface area contributed by atoms with Gasteiger partial charge in [-0.1, -0.05) is 19.9 Å². The molecule has 0 aliphatic carbocycles. The Balaban J connectivity index is 1.74. The average Bonchev–Trinajstić information content (AvgIpc) is 3.32. The summed E-state index contributed by atoms with van der Waals surface area (Å²) in [7, 11) is 2.04. The fraction of sp³-hybridized carbons (Fsp3) is 0.292. The van der Waals surface area contributed by atoms with E-state index in [2.05, 4.69) is 37.2 Å². The molecular formula is C24H27N5OS. The molecule has 1 fully saturated rings. The lowest BCUT2D eigenvalue weighted by molar-refractivity contribution is -0.118. The van der Waals surface area contributed by atoms with Crippen LogP contribution >= 0.6 is 12.2 Å². The first kappa shape index (κ1) is 21.1. The van der Waals surface area contributed by atoms with E-state index in [-0.39, 0.29) is 23.9 Å². The van der Waals surface area contributed by atoms with Crippen molar-refractivity contribution in [3.8, 4) is 0 Å². The summed E-state index contributed by atoms with van der Waals surface area (Å²) in [5, 5.41) is 7.13. The maximum Gasteiger partial charge on any atom is 0.226 e. The maximum absolute atomic E-state index is 12.1. The third-order valence-electron chi connectivity index (χ3n) is 5.66. The van der Waals surface area contributed by atoms with Crippen LogP contribution in [0, 0.1) is 12.8 Å². The molecule has 0 spiro atoms. The van der Waals surface area contributed by atoms with Crippen LogP contribution in [0.2, 0.25) is 0 Å². The van der Waals surface area contributed by atoms with Crippen molar-refractivity contribution in [3.05, 3.63) is 77.9 Å². The Bertz CT molecular complexity index is 1110. The number of benzene rings is 1. The van der Waals surface area contributed by atoms with Gasteiger partial charge in [-0.15, -0.1) is 0 Å². The van der Waals surface area contributed by atoms with Gasteiger partial charge >= 0.3 is 0 Å². The highest BCUT2D eigenvalue weighted by Gasteiger charge is 2.41. The Morgan fingerprint density at radius 3 is 2.61 bits per heavy atom. The molecule has 7 heteroatoms. The Labute approximate surface area is 188 Å². The van der Waals surface area contributed by atoms with Gasteiger partial charge in [0.2, 0.25) is 5.91 Å². The summed E-state index contributed by atoms with van der Waals surface area (Å²) in [5.41, 5.74) is 4.86. The molecule has 160 valence electrons. The highest BCUT2D eigenvalue weighted by molar-refractivity contribution is 7.80. The monoisotopic (exact) mass is 433 g/mol. The van der Waals surface area contributed by atoms with E-state index in [1.807, 2.05) is 70.4 Å². The van der Waals surface area contributed by atoms with Crippen LogP contribution in [-0.2, 0) is 11.8 Å². The molecule has 1 aromatic carbocycles. The van der Waals surface area contributed by atoms with Gasteiger partial charge in [0.25, 0.3) is 0 Å². The van der Waals surface area contributed by atoms with E-state index in [0.717, 1.165) is 28.3 Å². The van der Waals surface area contributed by atoms with E-state index in [4.69, 9.17) is 12.2 Å². The molecule has 31 heavy (non-hydrogen) atoms. The summed E-state index contributed by atoms with van der Waals surface area (Å²) in [6.07, 6.45) is 3.85. The van der Waals surface area contributed by atoms with Crippen LogP contribution in [-0.4, -0.2) is 20.6 Å². The number of aromatic nitrogens is 2. The third kappa shape index (κ3) is 4.05. The first-order valence-corrected chi connectivity index (χ1v) is 10.8. The molecule has 2 aromatic heterocycles. The molecular weight excluding hydrogens is 406 g/mol. The van der Waals surface area contributed by atoms with Crippen molar-refractivity contribution in [2.24, 2.45) is 13.0 Å². The van der Waals surface area contributed by atoms with Crippen molar-refractivity contribution in [2.45, 2.75) is 32.9 Å². The fourth-order valence-electron chi connectivity index (χ4n) is 3.93. The summed E-state index contributed by atoms with van der Waals surface area (Å²) in [4.78, 5) is 18.9. The number of rotatable bonds is 5. The molecule has 1 saturated heterocycles. The van der Waals surface area contributed by atoms with Gasteiger partial charge in [-0.2, -0.15) is 0 Å². The smallest absolute Gasteiger partial charge is 0.226 e. The molecule has 1 aliphatic rings. The van der Waals surface area contributed by atoms with E-state index < -0.39 is 0 Å². The number of nitrogens with zero attached hydrogens (tertiary/aromatic N) is 3. The van der Waals surface area contributed by atoms with E-state index in [1.54, 1.807) is 6.20 Å². The number of thiocarbonyl (C=S) groups is 1. The second-order valence-electron chi connectivity index (χ2n) is 8.18. The molecule has 1 aliphatic heterocycles. The van der Waals surface area contributed by atoms with Gasteiger partial charge in [0, 0.05) is 42.4 Å². The van der Waals surface area contributed by atoms with E-state index in [9.17, 15) is 4.79 Å². The van der Waals surface area contributed by atoms with Crippen LogP contribution in [0.3, 0.4) is 0 Å². The second kappa shape index (κ2) is 8.51. The zero-order chi connectivity index (χ0) is 22.1. The number of carbonyl (C=O) groups is 1. The van der Waals surface area contributed by atoms with Gasteiger partial charge in [0.1, 0.15) is 6.04 Å². The van der Waals surface area contributed by atoms with Crippen molar-refractivity contribution < 1.29 is 4.79 Å². The molecule has 1 amide bonds. The molecule has 0 unspecified atom stereocenters. The number of pyridine rings is 1. The Hall–Kier alpha value is -3.19. The molecule has 2 N–H and O–H groups in total. The van der Waals surface area contributed by atoms with E-state index >= 15 is 0 Å². The van der Waals surface area contributed by atoms with Crippen LogP contribution in [0.1, 0.15) is 42.9 Å². The molecule has 6 nitrogen and oxygen atoms in total. The number of carbonyl (C=O) groups excluding carboxylic acids is 1.